The fourth-order valence-electron chi connectivity index (χ4n) is 1.66. The van der Waals surface area contributed by atoms with Crippen LogP contribution in [0.25, 0.3) is 0 Å². The van der Waals surface area contributed by atoms with Crippen molar-refractivity contribution in [2.24, 2.45) is 5.10 Å². The van der Waals surface area contributed by atoms with Crippen molar-refractivity contribution >= 4 is 23.8 Å². The first kappa shape index (κ1) is 14.4. The van der Waals surface area contributed by atoms with Crippen molar-refractivity contribution in [2.45, 2.75) is 13.8 Å². The maximum Gasteiger partial charge on any atom is 0.252 e. The minimum Gasteiger partial charge on any atom is -0.326 e. The Morgan fingerprint density at radius 1 is 1.33 bits per heavy atom. The molecule has 7 heteroatoms. The van der Waals surface area contributed by atoms with E-state index in [0.717, 1.165) is 11.3 Å². The highest BCUT2D eigenvalue weighted by atomic mass is 16.1. The summed E-state index contributed by atoms with van der Waals surface area (Å²) in [4.78, 5) is 28.8. The SMILES string of the molecule is CC(=O)Nc1ccc(C=NNc2nc(C)cc(=O)[nH]2)cc1. The van der Waals surface area contributed by atoms with Crippen molar-refractivity contribution in [1.82, 2.24) is 9.97 Å². The Morgan fingerprint density at radius 2 is 2.05 bits per heavy atom. The molecule has 1 heterocycles. The number of benzene rings is 1. The van der Waals surface area contributed by atoms with Crippen LogP contribution in [0.5, 0.6) is 0 Å². The molecule has 108 valence electrons. The van der Waals surface area contributed by atoms with Crippen molar-refractivity contribution < 1.29 is 4.79 Å². The number of H-pyrrole nitrogens is 1. The van der Waals surface area contributed by atoms with Crippen LogP contribution in [-0.4, -0.2) is 22.1 Å². The van der Waals surface area contributed by atoms with Gasteiger partial charge in [-0.05, 0) is 24.6 Å². The number of aromatic nitrogens is 2. The first-order chi connectivity index (χ1) is 10.0. The Kier molecular flexibility index (Phi) is 4.45. The van der Waals surface area contributed by atoms with E-state index in [4.69, 9.17) is 0 Å². The van der Waals surface area contributed by atoms with Gasteiger partial charge in [0, 0.05) is 24.4 Å². The minimum absolute atomic E-state index is 0.118. The Balaban J connectivity index is 2.00. The molecular formula is C14H15N5O2. The fourth-order valence-corrected chi connectivity index (χ4v) is 1.66. The maximum atomic E-state index is 11.2. The molecule has 7 nitrogen and oxygen atoms in total. The molecule has 0 fully saturated rings. The number of aromatic amines is 1. The van der Waals surface area contributed by atoms with Gasteiger partial charge in [-0.2, -0.15) is 5.10 Å². The number of amides is 1. The molecule has 0 aliphatic rings. The van der Waals surface area contributed by atoms with Gasteiger partial charge in [-0.15, -0.1) is 0 Å². The maximum absolute atomic E-state index is 11.2. The number of carbonyl (C=O) groups is 1. The van der Waals surface area contributed by atoms with Gasteiger partial charge in [0.1, 0.15) is 0 Å². The third kappa shape index (κ3) is 4.57. The van der Waals surface area contributed by atoms with Crippen LogP contribution < -0.4 is 16.3 Å². The molecule has 0 bridgehead atoms. The van der Waals surface area contributed by atoms with Gasteiger partial charge in [0.15, 0.2) is 0 Å². The summed E-state index contributed by atoms with van der Waals surface area (Å²) in [5, 5.41) is 6.67. The quantitative estimate of drug-likeness (QED) is 0.585. The van der Waals surface area contributed by atoms with Crippen molar-refractivity contribution in [3.05, 3.63) is 51.9 Å². The summed E-state index contributed by atoms with van der Waals surface area (Å²) < 4.78 is 0. The Hall–Kier alpha value is -2.96. The van der Waals surface area contributed by atoms with E-state index in [9.17, 15) is 9.59 Å². The van der Waals surface area contributed by atoms with Crippen LogP contribution >= 0.6 is 0 Å². The number of nitrogens with one attached hydrogen (secondary N) is 3. The van der Waals surface area contributed by atoms with E-state index >= 15 is 0 Å². The predicted molar refractivity (Wildman–Crippen MR) is 81.6 cm³/mol. The van der Waals surface area contributed by atoms with Crippen molar-refractivity contribution in [3.8, 4) is 0 Å². The molecule has 0 spiro atoms. The van der Waals surface area contributed by atoms with Crippen LogP contribution in [0, 0.1) is 6.92 Å². The Labute approximate surface area is 121 Å². The minimum atomic E-state index is -0.236. The second-order valence-corrected chi connectivity index (χ2v) is 4.41. The molecule has 0 saturated heterocycles. The van der Waals surface area contributed by atoms with Crippen LogP contribution in [0.3, 0.4) is 0 Å². The normalized spacial score (nSPS) is 10.6. The topological polar surface area (TPSA) is 99.2 Å². The molecule has 0 atom stereocenters. The molecular weight excluding hydrogens is 270 g/mol. The summed E-state index contributed by atoms with van der Waals surface area (Å²) in [5.74, 6) is 0.165. The molecule has 0 aliphatic carbocycles. The zero-order valence-electron chi connectivity index (χ0n) is 11.7. The highest BCUT2D eigenvalue weighted by Crippen LogP contribution is 2.08. The third-order valence-electron chi connectivity index (χ3n) is 2.48. The lowest BCUT2D eigenvalue weighted by molar-refractivity contribution is -0.114. The van der Waals surface area contributed by atoms with Gasteiger partial charge in [0.05, 0.1) is 6.21 Å². The number of aryl methyl sites for hydroxylation is 1. The van der Waals surface area contributed by atoms with Gasteiger partial charge in [-0.25, -0.2) is 10.4 Å². The van der Waals surface area contributed by atoms with E-state index in [0.29, 0.717) is 5.69 Å². The average Bonchev–Trinajstić information content (AvgIpc) is 2.39. The van der Waals surface area contributed by atoms with Gasteiger partial charge in [0.25, 0.3) is 5.56 Å². The summed E-state index contributed by atoms with van der Waals surface area (Å²) in [6.45, 7) is 3.18. The molecule has 0 radical (unpaired) electrons. The summed E-state index contributed by atoms with van der Waals surface area (Å²) in [7, 11) is 0. The van der Waals surface area contributed by atoms with Gasteiger partial charge < -0.3 is 5.32 Å². The highest BCUT2D eigenvalue weighted by Gasteiger charge is 1.96. The second kappa shape index (κ2) is 6.47. The molecule has 1 aromatic carbocycles. The molecule has 1 aromatic heterocycles. The number of hydrogen-bond acceptors (Lipinski definition) is 5. The summed E-state index contributed by atoms with van der Waals surface area (Å²) >= 11 is 0. The number of hydrogen-bond donors (Lipinski definition) is 3. The lowest BCUT2D eigenvalue weighted by Gasteiger charge is -2.02. The first-order valence-electron chi connectivity index (χ1n) is 6.27. The zero-order valence-corrected chi connectivity index (χ0v) is 11.7. The van der Waals surface area contributed by atoms with Gasteiger partial charge in [0.2, 0.25) is 11.9 Å². The number of rotatable bonds is 4. The van der Waals surface area contributed by atoms with Gasteiger partial charge in [-0.3, -0.25) is 14.6 Å². The van der Waals surface area contributed by atoms with E-state index < -0.39 is 0 Å². The first-order valence-corrected chi connectivity index (χ1v) is 6.27. The number of anilines is 2. The standard InChI is InChI=1S/C14H15N5O2/c1-9-7-13(21)18-14(16-9)19-15-8-11-3-5-12(6-4-11)17-10(2)20/h3-8H,1-2H3,(H,17,20)(H2,16,18,19,21). The van der Waals surface area contributed by atoms with Crippen LogP contribution in [0.2, 0.25) is 0 Å². The molecule has 2 rings (SSSR count). The molecule has 3 N–H and O–H groups in total. The Bertz CT molecular complexity index is 719. The lowest BCUT2D eigenvalue weighted by atomic mass is 10.2. The molecule has 0 aliphatic heterocycles. The molecule has 21 heavy (non-hydrogen) atoms. The van der Waals surface area contributed by atoms with Crippen molar-refractivity contribution in [1.29, 1.82) is 0 Å². The van der Waals surface area contributed by atoms with Crippen LogP contribution in [0.15, 0.2) is 40.2 Å². The smallest absolute Gasteiger partial charge is 0.252 e. The van der Waals surface area contributed by atoms with Crippen LogP contribution in [0.1, 0.15) is 18.2 Å². The van der Waals surface area contributed by atoms with Crippen molar-refractivity contribution in [2.75, 3.05) is 10.7 Å². The highest BCUT2D eigenvalue weighted by molar-refractivity contribution is 5.89. The number of nitrogens with zero attached hydrogens (tertiary/aromatic N) is 2. The van der Waals surface area contributed by atoms with Crippen LogP contribution in [-0.2, 0) is 4.79 Å². The fraction of sp³-hybridized carbons (Fsp3) is 0.143. The zero-order chi connectivity index (χ0) is 15.2. The summed E-state index contributed by atoms with van der Waals surface area (Å²) in [6, 6.07) is 8.56. The summed E-state index contributed by atoms with van der Waals surface area (Å²) in [6.07, 6.45) is 1.58. The van der Waals surface area contributed by atoms with E-state index in [1.54, 1.807) is 25.3 Å². The predicted octanol–water partition coefficient (Wildman–Crippen LogP) is 1.48. The van der Waals surface area contributed by atoms with Crippen molar-refractivity contribution in [3.63, 3.8) is 0 Å². The summed E-state index contributed by atoms with van der Waals surface area (Å²) in [5.41, 5.74) is 4.59. The number of hydrazone groups is 1. The Morgan fingerprint density at radius 3 is 2.67 bits per heavy atom. The largest absolute Gasteiger partial charge is 0.326 e. The monoisotopic (exact) mass is 285 g/mol. The van der Waals surface area contributed by atoms with Gasteiger partial charge in [-0.1, -0.05) is 12.1 Å². The van der Waals surface area contributed by atoms with Crippen LogP contribution in [0.4, 0.5) is 11.6 Å². The molecule has 0 unspecified atom stereocenters. The molecule has 0 saturated carbocycles. The lowest BCUT2D eigenvalue weighted by Crippen LogP contribution is -2.10. The number of carbonyl (C=O) groups excluding carboxylic acids is 1. The molecule has 1 amide bonds. The second-order valence-electron chi connectivity index (χ2n) is 4.41. The van der Waals surface area contributed by atoms with E-state index in [2.05, 4.69) is 25.8 Å². The third-order valence-corrected chi connectivity index (χ3v) is 2.48. The average molecular weight is 285 g/mol. The molecule has 2 aromatic rings. The van der Waals surface area contributed by atoms with Gasteiger partial charge >= 0.3 is 0 Å². The van der Waals surface area contributed by atoms with E-state index in [1.165, 1.54) is 13.0 Å². The van der Waals surface area contributed by atoms with E-state index in [-0.39, 0.29) is 17.4 Å². The van der Waals surface area contributed by atoms with E-state index in [1.807, 2.05) is 12.1 Å².